The third kappa shape index (κ3) is 2.33. The van der Waals surface area contributed by atoms with E-state index < -0.39 is 23.1 Å². The summed E-state index contributed by atoms with van der Waals surface area (Å²) in [6, 6.07) is 1.26. The number of pyridine rings is 1. The van der Waals surface area contributed by atoms with Crippen LogP contribution in [0.1, 0.15) is 13.8 Å². The van der Waals surface area contributed by atoms with E-state index in [1.807, 2.05) is 0 Å². The molecule has 1 amide bonds. The van der Waals surface area contributed by atoms with Gasteiger partial charge in [0, 0.05) is 6.20 Å². The van der Waals surface area contributed by atoms with Crippen LogP contribution in [0, 0.1) is 11.2 Å². The minimum Gasteiger partial charge on any atom is -0.480 e. The molecule has 0 spiro atoms. The molecule has 0 radical (unpaired) electrons. The van der Waals surface area contributed by atoms with Gasteiger partial charge in [0.2, 0.25) is 5.91 Å². The first-order valence-electron chi connectivity index (χ1n) is 4.50. The van der Waals surface area contributed by atoms with Gasteiger partial charge in [-0.2, -0.15) is 0 Å². The molecule has 0 aromatic carbocycles. The zero-order valence-electron chi connectivity index (χ0n) is 8.82. The molecule has 0 atom stereocenters. The summed E-state index contributed by atoms with van der Waals surface area (Å²) >= 11 is 0. The third-order valence-corrected chi connectivity index (χ3v) is 2.12. The second-order valence-electron chi connectivity index (χ2n) is 3.74. The Morgan fingerprint density at radius 3 is 2.62 bits per heavy atom. The number of halogens is 1. The fraction of sp³-hybridized carbons (Fsp3) is 0.300. The molecule has 1 rings (SSSR count). The molecule has 0 fully saturated rings. The molecule has 2 N–H and O–H groups in total. The molecule has 1 aromatic heterocycles. The number of aliphatic carboxylic acids is 1. The molecular weight excluding hydrogens is 215 g/mol. The summed E-state index contributed by atoms with van der Waals surface area (Å²) in [5.74, 6) is -2.78. The van der Waals surface area contributed by atoms with Gasteiger partial charge < -0.3 is 10.4 Å². The second kappa shape index (κ2) is 4.26. The zero-order valence-corrected chi connectivity index (χ0v) is 8.82. The smallest absolute Gasteiger partial charge is 0.318 e. The predicted molar refractivity (Wildman–Crippen MR) is 54.2 cm³/mol. The summed E-state index contributed by atoms with van der Waals surface area (Å²) in [6.45, 7) is 2.48. The zero-order chi connectivity index (χ0) is 12.3. The lowest BCUT2D eigenvalue weighted by molar-refractivity contribution is -0.151. The number of carboxylic acids is 1. The van der Waals surface area contributed by atoms with Crippen LogP contribution in [0.15, 0.2) is 18.5 Å². The fourth-order valence-corrected chi connectivity index (χ4v) is 0.852. The van der Waals surface area contributed by atoms with Crippen molar-refractivity contribution in [2.75, 3.05) is 5.32 Å². The maximum Gasteiger partial charge on any atom is 0.318 e. The third-order valence-electron chi connectivity index (χ3n) is 2.12. The van der Waals surface area contributed by atoms with Gasteiger partial charge in [0.25, 0.3) is 0 Å². The van der Waals surface area contributed by atoms with E-state index >= 15 is 0 Å². The van der Waals surface area contributed by atoms with Gasteiger partial charge in [0.1, 0.15) is 5.41 Å². The highest BCUT2D eigenvalue weighted by molar-refractivity contribution is 6.07. The molecule has 0 aliphatic rings. The molecule has 6 heteroatoms. The van der Waals surface area contributed by atoms with Crippen LogP contribution in [0.5, 0.6) is 0 Å². The van der Waals surface area contributed by atoms with E-state index in [4.69, 9.17) is 5.11 Å². The van der Waals surface area contributed by atoms with E-state index in [2.05, 4.69) is 10.3 Å². The summed E-state index contributed by atoms with van der Waals surface area (Å²) in [5.41, 5.74) is -1.70. The lowest BCUT2D eigenvalue weighted by Crippen LogP contribution is -2.38. The molecule has 0 bridgehead atoms. The number of hydrogen-bond donors (Lipinski definition) is 2. The molecule has 0 saturated heterocycles. The quantitative estimate of drug-likeness (QED) is 0.760. The van der Waals surface area contributed by atoms with Gasteiger partial charge in [-0.3, -0.25) is 14.6 Å². The van der Waals surface area contributed by atoms with E-state index in [1.54, 1.807) is 0 Å². The Bertz CT molecular complexity index is 432. The average Bonchev–Trinajstić information content (AvgIpc) is 2.21. The van der Waals surface area contributed by atoms with E-state index in [1.165, 1.54) is 26.1 Å². The van der Waals surface area contributed by atoms with Crippen LogP contribution < -0.4 is 5.32 Å². The molecule has 1 heterocycles. The Hall–Kier alpha value is -1.98. The number of hydrogen-bond acceptors (Lipinski definition) is 3. The SMILES string of the molecule is CC(C)(C(=O)O)C(=O)Nc1ccncc1F. The molecule has 0 unspecified atom stereocenters. The van der Waals surface area contributed by atoms with Crippen molar-refractivity contribution in [2.45, 2.75) is 13.8 Å². The van der Waals surface area contributed by atoms with E-state index in [-0.39, 0.29) is 5.69 Å². The predicted octanol–water partition coefficient (Wildman–Crippen LogP) is 1.27. The van der Waals surface area contributed by atoms with E-state index in [0.717, 1.165) is 6.20 Å². The van der Waals surface area contributed by atoms with Crippen molar-refractivity contribution in [3.63, 3.8) is 0 Å². The highest BCUT2D eigenvalue weighted by Crippen LogP contribution is 2.19. The van der Waals surface area contributed by atoms with Gasteiger partial charge in [-0.15, -0.1) is 0 Å². The molecule has 86 valence electrons. The minimum absolute atomic E-state index is 0.0886. The van der Waals surface area contributed by atoms with Gasteiger partial charge in [-0.25, -0.2) is 4.39 Å². The van der Waals surface area contributed by atoms with Crippen LogP contribution in [-0.4, -0.2) is 22.0 Å². The highest BCUT2D eigenvalue weighted by atomic mass is 19.1. The Kier molecular flexibility index (Phi) is 3.22. The van der Waals surface area contributed by atoms with Crippen LogP contribution in [0.2, 0.25) is 0 Å². The standard InChI is InChI=1S/C10H11FN2O3/c1-10(2,9(15)16)8(14)13-7-3-4-12-5-6(7)11/h3-5H,1-2H3,(H,15,16)(H,12,13,14). The molecule has 1 aromatic rings. The molecule has 0 aliphatic carbocycles. The molecule has 0 saturated carbocycles. The number of carbonyl (C=O) groups is 2. The van der Waals surface area contributed by atoms with Gasteiger partial charge in [-0.05, 0) is 19.9 Å². The number of nitrogens with one attached hydrogen (secondary N) is 1. The first kappa shape index (κ1) is 12.1. The molecular formula is C10H11FN2O3. The summed E-state index contributed by atoms with van der Waals surface area (Å²) in [4.78, 5) is 25.8. The normalized spacial score (nSPS) is 10.9. The second-order valence-corrected chi connectivity index (χ2v) is 3.74. The lowest BCUT2D eigenvalue weighted by Gasteiger charge is -2.18. The number of carbonyl (C=O) groups excluding carboxylic acids is 1. The van der Waals surface area contributed by atoms with Gasteiger partial charge in [0.05, 0.1) is 11.9 Å². The largest absolute Gasteiger partial charge is 0.480 e. The Morgan fingerprint density at radius 2 is 2.12 bits per heavy atom. The molecule has 5 nitrogen and oxygen atoms in total. The van der Waals surface area contributed by atoms with Crippen molar-refractivity contribution in [3.05, 3.63) is 24.3 Å². The van der Waals surface area contributed by atoms with Crippen LogP contribution in [0.4, 0.5) is 10.1 Å². The highest BCUT2D eigenvalue weighted by Gasteiger charge is 2.36. The maximum atomic E-state index is 13.1. The van der Waals surface area contributed by atoms with Gasteiger partial charge in [-0.1, -0.05) is 0 Å². The molecule has 0 aliphatic heterocycles. The Labute approximate surface area is 91.3 Å². The van der Waals surface area contributed by atoms with Gasteiger partial charge in [0.15, 0.2) is 5.82 Å². The van der Waals surface area contributed by atoms with Crippen molar-refractivity contribution < 1.29 is 19.1 Å². The number of amides is 1. The monoisotopic (exact) mass is 226 g/mol. The van der Waals surface area contributed by atoms with Crippen LogP contribution in [0.3, 0.4) is 0 Å². The first-order chi connectivity index (χ1) is 7.35. The summed E-state index contributed by atoms with van der Waals surface area (Å²) in [6.07, 6.45) is 2.23. The van der Waals surface area contributed by atoms with Crippen molar-refractivity contribution in [2.24, 2.45) is 5.41 Å². The number of aromatic nitrogens is 1. The lowest BCUT2D eigenvalue weighted by atomic mass is 9.92. The van der Waals surface area contributed by atoms with Crippen LogP contribution in [-0.2, 0) is 9.59 Å². The van der Waals surface area contributed by atoms with Crippen molar-refractivity contribution in [1.29, 1.82) is 0 Å². The summed E-state index contributed by atoms with van der Waals surface area (Å²) in [5, 5.41) is 11.0. The summed E-state index contributed by atoms with van der Waals surface area (Å²) < 4.78 is 13.1. The number of carboxylic acid groups (broad SMARTS) is 1. The Morgan fingerprint density at radius 1 is 1.50 bits per heavy atom. The number of anilines is 1. The van der Waals surface area contributed by atoms with E-state index in [9.17, 15) is 14.0 Å². The Balaban J connectivity index is 2.88. The van der Waals surface area contributed by atoms with Crippen molar-refractivity contribution in [1.82, 2.24) is 4.98 Å². The number of rotatable bonds is 3. The topological polar surface area (TPSA) is 79.3 Å². The van der Waals surface area contributed by atoms with E-state index in [0.29, 0.717) is 0 Å². The number of nitrogens with zero attached hydrogens (tertiary/aromatic N) is 1. The minimum atomic E-state index is -1.62. The first-order valence-corrected chi connectivity index (χ1v) is 4.50. The fourth-order valence-electron chi connectivity index (χ4n) is 0.852. The van der Waals surface area contributed by atoms with Gasteiger partial charge >= 0.3 is 5.97 Å². The van der Waals surface area contributed by atoms with Crippen molar-refractivity contribution >= 4 is 17.6 Å². The maximum absolute atomic E-state index is 13.1. The van der Waals surface area contributed by atoms with Crippen LogP contribution in [0.25, 0.3) is 0 Å². The summed E-state index contributed by atoms with van der Waals surface area (Å²) in [7, 11) is 0. The molecule has 16 heavy (non-hydrogen) atoms. The van der Waals surface area contributed by atoms with Crippen LogP contribution >= 0.6 is 0 Å². The average molecular weight is 226 g/mol. The van der Waals surface area contributed by atoms with Crippen molar-refractivity contribution in [3.8, 4) is 0 Å².